The Balaban J connectivity index is 1.73. The van der Waals surface area contributed by atoms with Crippen molar-refractivity contribution in [3.05, 3.63) is 29.0 Å². The Labute approximate surface area is 111 Å². The molecule has 1 heterocycles. The van der Waals surface area contributed by atoms with Gasteiger partial charge in [0.25, 0.3) is 0 Å². The fourth-order valence-electron chi connectivity index (χ4n) is 2.67. The van der Waals surface area contributed by atoms with Gasteiger partial charge >= 0.3 is 0 Å². The number of halogens is 2. The number of ether oxygens (including phenoxy) is 1. The van der Waals surface area contributed by atoms with Crippen molar-refractivity contribution in [3.8, 4) is 5.75 Å². The zero-order chi connectivity index (χ0) is 12.5. The maximum absolute atomic E-state index is 13.1. The molecule has 1 aromatic rings. The van der Waals surface area contributed by atoms with Gasteiger partial charge < -0.3 is 10.1 Å². The molecule has 1 aliphatic heterocycles. The van der Waals surface area contributed by atoms with E-state index in [1.165, 1.54) is 18.9 Å². The minimum Gasteiger partial charge on any atom is -0.490 e. The van der Waals surface area contributed by atoms with E-state index in [9.17, 15) is 4.39 Å². The fraction of sp³-hybridized carbons (Fsp3) is 0.571. The van der Waals surface area contributed by atoms with Gasteiger partial charge in [-0.3, -0.25) is 0 Å². The molecule has 3 rings (SSSR count). The van der Waals surface area contributed by atoms with Gasteiger partial charge in [0.15, 0.2) is 0 Å². The topological polar surface area (TPSA) is 21.3 Å². The molecule has 2 atom stereocenters. The lowest BCUT2D eigenvalue weighted by Crippen LogP contribution is -2.30. The highest BCUT2D eigenvalue weighted by atomic mass is 35.5. The third kappa shape index (κ3) is 2.62. The van der Waals surface area contributed by atoms with Crippen molar-refractivity contribution in [2.45, 2.75) is 25.4 Å². The minimum atomic E-state index is -0.394. The molecule has 1 saturated heterocycles. The summed E-state index contributed by atoms with van der Waals surface area (Å²) in [6, 6.07) is 4.61. The summed E-state index contributed by atoms with van der Waals surface area (Å²) < 4.78 is 19.2. The number of nitrogens with one attached hydrogen (secondary N) is 1. The Morgan fingerprint density at radius 1 is 1.28 bits per heavy atom. The van der Waals surface area contributed by atoms with Gasteiger partial charge in [-0.05, 0) is 43.9 Å². The zero-order valence-electron chi connectivity index (χ0n) is 10.2. The third-order valence-corrected chi connectivity index (χ3v) is 4.10. The summed E-state index contributed by atoms with van der Waals surface area (Å²) in [5, 5.41) is 3.51. The van der Waals surface area contributed by atoms with Gasteiger partial charge in [0, 0.05) is 18.5 Å². The second-order valence-corrected chi connectivity index (χ2v) is 5.66. The summed E-state index contributed by atoms with van der Waals surface area (Å²) in [6.45, 7) is 2.09. The van der Waals surface area contributed by atoms with Crippen LogP contribution >= 0.6 is 11.6 Å². The summed E-state index contributed by atoms with van der Waals surface area (Å²) in [4.78, 5) is 0. The van der Waals surface area contributed by atoms with E-state index in [0.29, 0.717) is 17.6 Å². The maximum atomic E-state index is 13.1. The van der Waals surface area contributed by atoms with Crippen LogP contribution in [0.5, 0.6) is 5.75 Å². The normalized spacial score (nSPS) is 25.1. The van der Waals surface area contributed by atoms with Gasteiger partial charge in [-0.25, -0.2) is 4.39 Å². The first kappa shape index (κ1) is 12.2. The van der Waals surface area contributed by atoms with Crippen LogP contribution in [0.1, 0.15) is 19.3 Å². The van der Waals surface area contributed by atoms with Crippen molar-refractivity contribution in [2.24, 2.45) is 11.8 Å². The highest BCUT2D eigenvalue weighted by Gasteiger charge is 2.39. The fourth-order valence-corrected chi connectivity index (χ4v) is 2.84. The van der Waals surface area contributed by atoms with Crippen LogP contribution in [-0.4, -0.2) is 19.2 Å². The lowest BCUT2D eigenvalue weighted by molar-refractivity contribution is 0.121. The lowest BCUT2D eigenvalue weighted by Gasteiger charge is -2.24. The van der Waals surface area contributed by atoms with Crippen LogP contribution in [0.2, 0.25) is 5.02 Å². The zero-order valence-corrected chi connectivity index (χ0v) is 10.9. The molecule has 18 heavy (non-hydrogen) atoms. The molecule has 2 fully saturated rings. The van der Waals surface area contributed by atoms with Gasteiger partial charge in [0.1, 0.15) is 17.7 Å². The average Bonchev–Trinajstić information content (AvgIpc) is 3.05. The quantitative estimate of drug-likeness (QED) is 0.906. The van der Waals surface area contributed by atoms with Gasteiger partial charge in [0.2, 0.25) is 0 Å². The van der Waals surface area contributed by atoms with Gasteiger partial charge in [-0.1, -0.05) is 11.6 Å². The molecule has 98 valence electrons. The van der Waals surface area contributed by atoms with Crippen molar-refractivity contribution < 1.29 is 9.13 Å². The second kappa shape index (κ2) is 5.06. The smallest absolute Gasteiger partial charge is 0.142 e. The van der Waals surface area contributed by atoms with Crippen molar-refractivity contribution in [2.75, 3.05) is 13.1 Å². The molecule has 1 saturated carbocycles. The van der Waals surface area contributed by atoms with Crippen LogP contribution in [0, 0.1) is 17.7 Å². The number of benzene rings is 1. The Morgan fingerprint density at radius 2 is 2.11 bits per heavy atom. The van der Waals surface area contributed by atoms with Crippen molar-refractivity contribution in [3.63, 3.8) is 0 Å². The van der Waals surface area contributed by atoms with E-state index in [-0.39, 0.29) is 11.1 Å². The Kier molecular flexibility index (Phi) is 3.44. The summed E-state index contributed by atoms with van der Waals surface area (Å²) in [5.74, 6) is 1.53. The van der Waals surface area contributed by atoms with E-state index < -0.39 is 5.82 Å². The van der Waals surface area contributed by atoms with Crippen molar-refractivity contribution >= 4 is 11.6 Å². The highest BCUT2D eigenvalue weighted by Crippen LogP contribution is 2.40. The summed E-state index contributed by atoms with van der Waals surface area (Å²) in [5.41, 5.74) is 0. The average molecular weight is 270 g/mol. The van der Waals surface area contributed by atoms with Gasteiger partial charge in [-0.2, -0.15) is 0 Å². The summed E-state index contributed by atoms with van der Waals surface area (Å²) >= 11 is 5.78. The van der Waals surface area contributed by atoms with Crippen LogP contribution in [-0.2, 0) is 0 Å². The van der Waals surface area contributed by atoms with E-state index in [1.807, 2.05) is 0 Å². The highest BCUT2D eigenvalue weighted by molar-refractivity contribution is 6.30. The van der Waals surface area contributed by atoms with Gasteiger partial charge in [0.05, 0.1) is 5.02 Å². The first-order valence-electron chi connectivity index (χ1n) is 6.56. The predicted molar refractivity (Wildman–Crippen MR) is 69.5 cm³/mol. The maximum Gasteiger partial charge on any atom is 0.142 e. The predicted octanol–water partition coefficient (Wildman–Crippen LogP) is 3.25. The van der Waals surface area contributed by atoms with E-state index in [2.05, 4.69) is 5.32 Å². The number of hydrogen-bond acceptors (Lipinski definition) is 2. The number of hydrogen-bond donors (Lipinski definition) is 1. The molecule has 0 spiro atoms. The first-order valence-corrected chi connectivity index (χ1v) is 6.94. The molecule has 0 unspecified atom stereocenters. The molecular weight excluding hydrogens is 253 g/mol. The molecule has 4 heteroatoms. The number of rotatable bonds is 4. The molecule has 1 aliphatic carbocycles. The van der Waals surface area contributed by atoms with Crippen LogP contribution in [0.4, 0.5) is 4.39 Å². The van der Waals surface area contributed by atoms with Crippen molar-refractivity contribution in [1.82, 2.24) is 5.32 Å². The molecule has 1 N–H and O–H groups in total. The second-order valence-electron chi connectivity index (χ2n) is 5.25. The third-order valence-electron chi connectivity index (χ3n) is 3.81. The van der Waals surface area contributed by atoms with Crippen LogP contribution in [0.15, 0.2) is 18.2 Å². The van der Waals surface area contributed by atoms with E-state index in [4.69, 9.17) is 16.3 Å². The van der Waals surface area contributed by atoms with Crippen molar-refractivity contribution in [1.29, 1.82) is 0 Å². The van der Waals surface area contributed by atoms with Crippen LogP contribution < -0.4 is 10.1 Å². The molecule has 0 radical (unpaired) electrons. The molecule has 0 bridgehead atoms. The summed E-state index contributed by atoms with van der Waals surface area (Å²) in [7, 11) is 0. The Morgan fingerprint density at radius 3 is 2.72 bits per heavy atom. The monoisotopic (exact) mass is 269 g/mol. The Hall–Kier alpha value is -0.800. The van der Waals surface area contributed by atoms with E-state index in [1.54, 1.807) is 12.1 Å². The summed E-state index contributed by atoms with van der Waals surface area (Å²) in [6.07, 6.45) is 3.91. The lowest BCUT2D eigenvalue weighted by atomic mass is 9.97. The molecule has 1 aromatic carbocycles. The molecule has 0 amide bonds. The molecular formula is C14H17ClFNO. The molecule has 2 aliphatic rings. The van der Waals surface area contributed by atoms with Crippen LogP contribution in [0.25, 0.3) is 0 Å². The van der Waals surface area contributed by atoms with E-state index >= 15 is 0 Å². The van der Waals surface area contributed by atoms with Gasteiger partial charge in [-0.15, -0.1) is 0 Å². The minimum absolute atomic E-state index is 0.131. The first-order chi connectivity index (χ1) is 8.74. The Bertz CT molecular complexity index is 430. The molecule has 0 aromatic heterocycles. The molecule has 2 nitrogen and oxygen atoms in total. The van der Waals surface area contributed by atoms with E-state index in [0.717, 1.165) is 19.5 Å². The SMILES string of the molecule is Fc1ccc(O[C@H](C2CC2)[C@@H]2CCNC2)cc1Cl. The standard InChI is InChI=1S/C14H17ClFNO/c15-12-7-11(3-4-13(12)16)18-14(9-1-2-9)10-5-6-17-8-10/h3-4,7,9-10,14,17H,1-2,5-6,8H2/t10-,14-/m1/s1. The largest absolute Gasteiger partial charge is 0.490 e. The van der Waals surface area contributed by atoms with Crippen LogP contribution in [0.3, 0.4) is 0 Å².